The van der Waals surface area contributed by atoms with Gasteiger partial charge in [0.2, 0.25) is 0 Å². The third kappa shape index (κ3) is 2.47. The minimum absolute atomic E-state index is 0.260. The van der Waals surface area contributed by atoms with E-state index in [1.807, 2.05) is 18.2 Å². The van der Waals surface area contributed by atoms with Crippen LogP contribution >= 0.6 is 0 Å². The molecule has 2 rings (SSSR count). The highest BCUT2D eigenvalue weighted by Gasteiger charge is 2.09. The van der Waals surface area contributed by atoms with E-state index in [0.717, 1.165) is 16.6 Å². The lowest BCUT2D eigenvalue weighted by Crippen LogP contribution is -2.07. The van der Waals surface area contributed by atoms with Gasteiger partial charge >= 0.3 is 0 Å². The molecule has 0 aliphatic rings. The average Bonchev–Trinajstić information content (AvgIpc) is 2.72. The Bertz CT molecular complexity index is 538. The normalized spacial score (nSPS) is 10.6. The summed E-state index contributed by atoms with van der Waals surface area (Å²) in [7, 11) is 6.88. The fraction of sp³-hybridized carbons (Fsp3) is 0.273. The number of hydrogen-bond donors (Lipinski definition) is 2. The van der Waals surface area contributed by atoms with Gasteiger partial charge in [-0.25, -0.2) is 0 Å². The topological polar surface area (TPSA) is 67.0 Å². The van der Waals surface area contributed by atoms with Gasteiger partial charge in [0.1, 0.15) is 11.4 Å². The smallest absolute Gasteiger partial charge is 0.177 e. The molecule has 2 aromatic rings. The zero-order valence-corrected chi connectivity index (χ0v) is 9.49. The summed E-state index contributed by atoms with van der Waals surface area (Å²) in [5.74, 6) is 0. The second kappa shape index (κ2) is 5.01. The van der Waals surface area contributed by atoms with Gasteiger partial charge in [-0.3, -0.25) is 5.10 Å². The predicted octanol–water partition coefficient (Wildman–Crippen LogP) is 0.930. The average molecular weight is 229 g/mol. The highest BCUT2D eigenvalue weighted by atomic mass is 16.5. The summed E-state index contributed by atoms with van der Waals surface area (Å²) in [6, 6.07) is 5.60. The number of methoxy groups -OCH3 is 1. The lowest BCUT2D eigenvalue weighted by molar-refractivity contribution is 0.107. The molecule has 0 unspecified atom stereocenters. The number of H-pyrrole nitrogens is 1. The van der Waals surface area contributed by atoms with Crippen LogP contribution in [0, 0.1) is 0 Å². The Hall–Kier alpha value is -1.82. The standard InChI is InChI=1S/C11H12BN3O2/c1-17-5-4-13-7-2-3-9-8(6-7)10(11(12)16)15-14-9/h2-3,6,13H,4-5H2,1H3,(H,14,15). The Labute approximate surface area is 99.9 Å². The molecule has 0 saturated carbocycles. The largest absolute Gasteiger partial charge is 0.383 e. The number of rotatable bonds is 5. The van der Waals surface area contributed by atoms with Crippen molar-refractivity contribution in [3.05, 3.63) is 23.9 Å². The fourth-order valence-corrected chi connectivity index (χ4v) is 1.61. The molecule has 1 aromatic carbocycles. The van der Waals surface area contributed by atoms with Crippen molar-refractivity contribution in [3.63, 3.8) is 0 Å². The summed E-state index contributed by atoms with van der Waals surface area (Å²) in [6.45, 7) is 1.32. The molecule has 17 heavy (non-hydrogen) atoms. The lowest BCUT2D eigenvalue weighted by Gasteiger charge is -2.05. The molecule has 5 nitrogen and oxygen atoms in total. The van der Waals surface area contributed by atoms with Crippen LogP contribution in [0.4, 0.5) is 5.69 Å². The Balaban J connectivity index is 2.28. The number of nitrogens with one attached hydrogen (secondary N) is 2. The maximum atomic E-state index is 11.1. The molecule has 1 aromatic heterocycles. The van der Waals surface area contributed by atoms with Crippen molar-refractivity contribution in [2.24, 2.45) is 0 Å². The first-order valence-electron chi connectivity index (χ1n) is 5.23. The minimum atomic E-state index is -0.537. The van der Waals surface area contributed by atoms with Crippen LogP contribution < -0.4 is 5.32 Å². The van der Waals surface area contributed by atoms with Gasteiger partial charge in [-0.15, -0.1) is 0 Å². The Morgan fingerprint density at radius 1 is 1.59 bits per heavy atom. The highest BCUT2D eigenvalue weighted by Crippen LogP contribution is 2.20. The summed E-state index contributed by atoms with van der Waals surface area (Å²) in [5.41, 5.74) is 1.41. The van der Waals surface area contributed by atoms with Crippen LogP contribution in [0.1, 0.15) is 10.5 Å². The van der Waals surface area contributed by atoms with Gasteiger partial charge in [-0.2, -0.15) is 5.10 Å². The Kier molecular flexibility index (Phi) is 3.44. The molecular formula is C11H12BN3O2. The van der Waals surface area contributed by atoms with Gasteiger partial charge in [0.25, 0.3) is 0 Å². The number of aromatic nitrogens is 2. The van der Waals surface area contributed by atoms with Crippen LogP contribution in [0.25, 0.3) is 10.9 Å². The fourth-order valence-electron chi connectivity index (χ4n) is 1.61. The van der Waals surface area contributed by atoms with Crippen LogP contribution in [0.3, 0.4) is 0 Å². The van der Waals surface area contributed by atoms with Gasteiger partial charge in [-0.1, -0.05) is 0 Å². The van der Waals surface area contributed by atoms with E-state index in [0.29, 0.717) is 13.2 Å². The monoisotopic (exact) mass is 229 g/mol. The maximum absolute atomic E-state index is 11.1. The number of ether oxygens (including phenoxy) is 1. The first-order valence-corrected chi connectivity index (χ1v) is 5.23. The first-order chi connectivity index (χ1) is 8.22. The van der Waals surface area contributed by atoms with Gasteiger partial charge in [0.15, 0.2) is 7.85 Å². The SMILES string of the molecule is [B]C(=O)c1n[nH]c2ccc(NCCOC)cc12. The summed E-state index contributed by atoms with van der Waals surface area (Å²) in [5, 5.41) is 10.5. The van der Waals surface area contributed by atoms with E-state index < -0.39 is 5.68 Å². The lowest BCUT2D eigenvalue weighted by atomic mass is 9.97. The Morgan fingerprint density at radius 3 is 3.12 bits per heavy atom. The predicted molar refractivity (Wildman–Crippen MR) is 66.5 cm³/mol. The molecule has 0 amide bonds. The summed E-state index contributed by atoms with van der Waals surface area (Å²) in [6.07, 6.45) is 0. The molecule has 1 heterocycles. The zero-order chi connectivity index (χ0) is 12.3. The van der Waals surface area contributed by atoms with E-state index in [-0.39, 0.29) is 5.69 Å². The van der Waals surface area contributed by atoms with Crippen LogP contribution in [-0.4, -0.2) is 44.0 Å². The van der Waals surface area contributed by atoms with Crippen LogP contribution in [0.5, 0.6) is 0 Å². The van der Waals surface area contributed by atoms with Gasteiger partial charge in [0, 0.05) is 24.7 Å². The number of fused-ring (bicyclic) bond motifs is 1. The van der Waals surface area contributed by atoms with E-state index >= 15 is 0 Å². The number of anilines is 1. The Morgan fingerprint density at radius 2 is 2.41 bits per heavy atom. The van der Waals surface area contributed by atoms with Crippen molar-refractivity contribution in [2.45, 2.75) is 0 Å². The van der Waals surface area contributed by atoms with Crippen molar-refractivity contribution < 1.29 is 9.53 Å². The van der Waals surface area contributed by atoms with Crippen molar-refractivity contribution >= 4 is 30.1 Å². The minimum Gasteiger partial charge on any atom is -0.383 e. The maximum Gasteiger partial charge on any atom is 0.177 e. The second-order valence-electron chi connectivity index (χ2n) is 3.62. The van der Waals surface area contributed by atoms with Crippen LogP contribution in [0.15, 0.2) is 18.2 Å². The summed E-state index contributed by atoms with van der Waals surface area (Å²) >= 11 is 0. The molecule has 6 heteroatoms. The van der Waals surface area contributed by atoms with E-state index in [1.54, 1.807) is 7.11 Å². The van der Waals surface area contributed by atoms with Gasteiger partial charge in [0.05, 0.1) is 12.1 Å². The van der Waals surface area contributed by atoms with E-state index in [1.165, 1.54) is 0 Å². The molecular weight excluding hydrogens is 217 g/mol. The second-order valence-corrected chi connectivity index (χ2v) is 3.62. The molecule has 0 bridgehead atoms. The number of carbonyl (C=O) groups excluding carboxylic acids is 1. The molecule has 86 valence electrons. The third-order valence-electron chi connectivity index (χ3n) is 2.43. The molecule has 2 N–H and O–H groups in total. The van der Waals surface area contributed by atoms with Gasteiger partial charge in [-0.05, 0) is 18.2 Å². The van der Waals surface area contributed by atoms with Crippen LogP contribution in [0.2, 0.25) is 0 Å². The number of hydrogen-bond acceptors (Lipinski definition) is 4. The molecule has 0 fully saturated rings. The number of benzene rings is 1. The molecule has 0 atom stereocenters. The molecule has 0 aliphatic carbocycles. The molecule has 0 saturated heterocycles. The number of carbonyl (C=O) groups is 1. The van der Waals surface area contributed by atoms with E-state index in [4.69, 9.17) is 12.6 Å². The molecule has 0 aliphatic heterocycles. The summed E-state index contributed by atoms with van der Waals surface area (Å²) < 4.78 is 4.94. The van der Waals surface area contributed by atoms with Crippen LogP contribution in [-0.2, 0) is 4.74 Å². The van der Waals surface area contributed by atoms with E-state index in [2.05, 4.69) is 15.5 Å². The quantitative estimate of drug-likeness (QED) is 0.591. The van der Waals surface area contributed by atoms with E-state index in [9.17, 15) is 4.79 Å². The van der Waals surface area contributed by atoms with Crippen molar-refractivity contribution in [1.82, 2.24) is 10.2 Å². The molecule has 0 spiro atoms. The first kappa shape index (κ1) is 11.7. The highest BCUT2D eigenvalue weighted by molar-refractivity contribution is 6.63. The van der Waals surface area contributed by atoms with Gasteiger partial charge < -0.3 is 14.8 Å². The molecule has 2 radical (unpaired) electrons. The number of aromatic amines is 1. The zero-order valence-electron chi connectivity index (χ0n) is 9.49. The van der Waals surface area contributed by atoms with Crippen molar-refractivity contribution in [1.29, 1.82) is 0 Å². The third-order valence-corrected chi connectivity index (χ3v) is 2.43. The van der Waals surface area contributed by atoms with Crippen molar-refractivity contribution in [3.8, 4) is 0 Å². The van der Waals surface area contributed by atoms with Crippen molar-refractivity contribution in [2.75, 3.05) is 25.6 Å². The summed E-state index contributed by atoms with van der Waals surface area (Å²) in [4.78, 5) is 11.1. The number of nitrogens with zero attached hydrogens (tertiary/aromatic N) is 1.